The van der Waals surface area contributed by atoms with Crippen molar-refractivity contribution in [1.29, 1.82) is 0 Å². The smallest absolute Gasteiger partial charge is 0.272 e. The van der Waals surface area contributed by atoms with Gasteiger partial charge in [0.25, 0.3) is 5.56 Å². The number of pyridine rings is 1. The number of H-pyrrole nitrogens is 1. The number of benzene rings is 2. The van der Waals surface area contributed by atoms with Crippen LogP contribution in [0.1, 0.15) is 12.5 Å². The van der Waals surface area contributed by atoms with Crippen molar-refractivity contribution in [2.45, 2.75) is 13.5 Å². The molecule has 180 valence electrons. The molecule has 3 aromatic heterocycles. The van der Waals surface area contributed by atoms with Gasteiger partial charge < -0.3 is 9.55 Å². The first-order valence-electron chi connectivity index (χ1n) is 10.8. The fourth-order valence-electron chi connectivity index (χ4n) is 4.19. The number of rotatable bonds is 6. The summed E-state index contributed by atoms with van der Waals surface area (Å²) in [7, 11) is -1.80. The van der Waals surface area contributed by atoms with Crippen LogP contribution in [0.15, 0.2) is 59.8 Å². The Balaban J connectivity index is 1.74. The summed E-state index contributed by atoms with van der Waals surface area (Å²) >= 11 is 6.24. The molecule has 2 N–H and O–H groups in total. The quantitative estimate of drug-likeness (QED) is 0.349. The third-order valence-electron chi connectivity index (χ3n) is 5.95. The monoisotopic (exact) mass is 513 g/mol. The topological polar surface area (TPSA) is 102 Å². The van der Waals surface area contributed by atoms with Crippen LogP contribution >= 0.6 is 11.6 Å². The van der Waals surface area contributed by atoms with Crippen molar-refractivity contribution in [3.8, 4) is 11.1 Å². The minimum Gasteiger partial charge on any atom is -0.345 e. The molecule has 0 aliphatic rings. The molecule has 0 aliphatic carbocycles. The second-order valence-electron chi connectivity index (χ2n) is 8.22. The largest absolute Gasteiger partial charge is 0.345 e. The Bertz CT molecular complexity index is 1770. The Hall–Kier alpha value is -3.63. The highest BCUT2D eigenvalue weighted by Gasteiger charge is 2.18. The first-order chi connectivity index (χ1) is 16.7. The number of hydrogen-bond donors (Lipinski definition) is 2. The summed E-state index contributed by atoms with van der Waals surface area (Å²) in [6, 6.07) is 9.59. The Morgan fingerprint density at radius 2 is 1.97 bits per heavy atom. The average Bonchev–Trinajstić information content (AvgIpc) is 3.37. The molecule has 0 atom stereocenters. The van der Waals surface area contributed by atoms with Gasteiger partial charge in [0.1, 0.15) is 11.3 Å². The molecule has 3 heterocycles. The summed E-state index contributed by atoms with van der Waals surface area (Å²) in [6.07, 6.45) is 4.99. The van der Waals surface area contributed by atoms with E-state index in [1.54, 1.807) is 47.7 Å². The van der Waals surface area contributed by atoms with Crippen LogP contribution in [0.4, 0.5) is 10.1 Å². The van der Waals surface area contributed by atoms with Crippen LogP contribution in [-0.4, -0.2) is 33.5 Å². The SMILES string of the molecule is CCS(=O)(=O)Nc1cc(-c2cn(C)c3c(=O)[nH]ccc23)cc2c1cnn2Cc1ccc(F)cc1Cl. The molecule has 0 unspecified atom stereocenters. The number of hydrogen-bond acceptors (Lipinski definition) is 4. The van der Waals surface area contributed by atoms with Crippen molar-refractivity contribution >= 4 is 49.1 Å². The number of nitrogens with zero attached hydrogens (tertiary/aromatic N) is 3. The van der Waals surface area contributed by atoms with Crippen molar-refractivity contribution in [1.82, 2.24) is 19.3 Å². The summed E-state index contributed by atoms with van der Waals surface area (Å²) in [5.74, 6) is -0.532. The Morgan fingerprint density at radius 3 is 2.71 bits per heavy atom. The molecule has 8 nitrogen and oxygen atoms in total. The predicted octanol–water partition coefficient (Wildman–Crippen LogP) is 4.49. The fourth-order valence-corrected chi connectivity index (χ4v) is 5.06. The molecule has 0 fully saturated rings. The van der Waals surface area contributed by atoms with E-state index in [2.05, 4.69) is 14.8 Å². The molecule has 0 saturated carbocycles. The van der Waals surface area contributed by atoms with Crippen LogP contribution < -0.4 is 10.3 Å². The van der Waals surface area contributed by atoms with Crippen molar-refractivity contribution in [3.05, 3.63) is 81.7 Å². The Labute approximate surface area is 205 Å². The van der Waals surface area contributed by atoms with Gasteiger partial charge in [0.2, 0.25) is 10.0 Å². The summed E-state index contributed by atoms with van der Waals surface area (Å²) in [4.78, 5) is 15.1. The maximum atomic E-state index is 13.5. The first-order valence-corrected chi connectivity index (χ1v) is 12.8. The van der Waals surface area contributed by atoms with E-state index in [1.165, 1.54) is 12.1 Å². The van der Waals surface area contributed by atoms with Crippen LogP contribution in [-0.2, 0) is 23.6 Å². The molecule has 0 amide bonds. The Morgan fingerprint density at radius 1 is 1.17 bits per heavy atom. The third kappa shape index (κ3) is 4.19. The zero-order chi connectivity index (χ0) is 24.9. The highest BCUT2D eigenvalue weighted by Crippen LogP contribution is 2.35. The van der Waals surface area contributed by atoms with Crippen molar-refractivity contribution in [3.63, 3.8) is 0 Å². The minimum absolute atomic E-state index is 0.0955. The maximum Gasteiger partial charge on any atom is 0.272 e. The van der Waals surface area contributed by atoms with Crippen molar-refractivity contribution in [2.75, 3.05) is 10.5 Å². The van der Waals surface area contributed by atoms with E-state index in [-0.39, 0.29) is 22.9 Å². The molecule has 0 aliphatic heterocycles. The lowest BCUT2D eigenvalue weighted by atomic mass is 10.0. The van der Waals surface area contributed by atoms with Crippen LogP contribution in [0.3, 0.4) is 0 Å². The van der Waals surface area contributed by atoms with E-state index >= 15 is 0 Å². The van der Waals surface area contributed by atoms with Crippen molar-refractivity contribution < 1.29 is 12.8 Å². The van der Waals surface area contributed by atoms with Gasteiger partial charge in [0.05, 0.1) is 29.7 Å². The summed E-state index contributed by atoms with van der Waals surface area (Å²) in [6.45, 7) is 1.81. The van der Waals surface area contributed by atoms with Gasteiger partial charge in [-0.2, -0.15) is 5.10 Å². The molecule has 35 heavy (non-hydrogen) atoms. The number of sulfonamides is 1. The molecule has 0 bridgehead atoms. The molecule has 2 aromatic carbocycles. The molecule has 11 heteroatoms. The Kier molecular flexibility index (Phi) is 5.65. The van der Waals surface area contributed by atoms with Gasteiger partial charge >= 0.3 is 0 Å². The van der Waals surface area contributed by atoms with E-state index in [9.17, 15) is 17.6 Å². The van der Waals surface area contributed by atoms with E-state index < -0.39 is 15.8 Å². The molecular formula is C24H21ClFN5O3S. The minimum atomic E-state index is -3.58. The van der Waals surface area contributed by atoms with Crippen LogP contribution in [0, 0.1) is 5.82 Å². The standard InChI is InChI=1S/C24H21ClFN5O3S/c1-3-35(33,34)29-21-8-15(19-13-30(2)23-17(19)6-7-27-24(23)32)9-22-18(21)11-28-31(22)12-14-4-5-16(26)10-20(14)25/h4-11,13,29H,3,12H2,1-2H3,(H,27,32). The first kappa shape index (κ1) is 23.1. The number of aromatic amines is 1. The van der Waals surface area contributed by atoms with Gasteiger partial charge in [-0.25, -0.2) is 12.8 Å². The normalized spacial score (nSPS) is 12.0. The second kappa shape index (κ2) is 8.54. The fraction of sp³-hybridized carbons (Fsp3) is 0.167. The molecule has 0 saturated heterocycles. The molecule has 5 aromatic rings. The average molecular weight is 514 g/mol. The van der Waals surface area contributed by atoms with E-state index in [0.29, 0.717) is 33.2 Å². The zero-order valence-corrected chi connectivity index (χ0v) is 20.4. The lowest BCUT2D eigenvalue weighted by Crippen LogP contribution is -2.14. The van der Waals surface area contributed by atoms with Crippen molar-refractivity contribution in [2.24, 2.45) is 7.05 Å². The van der Waals surface area contributed by atoms with E-state index in [0.717, 1.165) is 10.9 Å². The van der Waals surface area contributed by atoms with Gasteiger partial charge in [0.15, 0.2) is 0 Å². The lowest BCUT2D eigenvalue weighted by molar-refractivity contribution is 0.602. The third-order valence-corrected chi connectivity index (χ3v) is 7.60. The molecular weight excluding hydrogens is 493 g/mol. The highest BCUT2D eigenvalue weighted by atomic mass is 35.5. The summed E-state index contributed by atoms with van der Waals surface area (Å²) < 4.78 is 44.5. The molecule has 0 radical (unpaired) electrons. The number of halogens is 2. The highest BCUT2D eigenvalue weighted by molar-refractivity contribution is 7.92. The number of anilines is 1. The van der Waals surface area contributed by atoms with Gasteiger partial charge in [-0.05, 0) is 48.4 Å². The van der Waals surface area contributed by atoms with Gasteiger partial charge in [0, 0.05) is 40.8 Å². The summed E-state index contributed by atoms with van der Waals surface area (Å²) in [5, 5.41) is 6.05. The predicted molar refractivity (Wildman–Crippen MR) is 136 cm³/mol. The van der Waals surface area contributed by atoms with Crippen LogP contribution in [0.5, 0.6) is 0 Å². The molecule has 0 spiro atoms. The number of fused-ring (bicyclic) bond motifs is 2. The lowest BCUT2D eigenvalue weighted by Gasteiger charge is -2.12. The van der Waals surface area contributed by atoms with E-state index in [4.69, 9.17) is 11.6 Å². The number of aromatic nitrogens is 4. The molecule has 5 rings (SSSR count). The summed E-state index contributed by atoms with van der Waals surface area (Å²) in [5.41, 5.74) is 3.44. The number of aryl methyl sites for hydroxylation is 1. The van der Waals surface area contributed by atoms with Gasteiger partial charge in [-0.3, -0.25) is 14.2 Å². The zero-order valence-electron chi connectivity index (χ0n) is 18.8. The van der Waals surface area contributed by atoms with Crippen LogP contribution in [0.2, 0.25) is 5.02 Å². The maximum absolute atomic E-state index is 13.5. The van der Waals surface area contributed by atoms with Crippen LogP contribution in [0.25, 0.3) is 32.9 Å². The van der Waals surface area contributed by atoms with Gasteiger partial charge in [-0.15, -0.1) is 0 Å². The van der Waals surface area contributed by atoms with E-state index in [1.807, 2.05) is 18.3 Å². The number of nitrogens with one attached hydrogen (secondary N) is 2. The van der Waals surface area contributed by atoms with Gasteiger partial charge in [-0.1, -0.05) is 17.7 Å². The second-order valence-corrected chi connectivity index (χ2v) is 10.6.